The van der Waals surface area contributed by atoms with E-state index in [0.29, 0.717) is 29.2 Å². The highest BCUT2D eigenvalue weighted by Gasteiger charge is 2.12. The number of carbonyl (C=O) groups is 2. The minimum Gasteiger partial charge on any atom is -0.396 e. The van der Waals surface area contributed by atoms with Gasteiger partial charge in [-0.3, -0.25) is 9.59 Å². The summed E-state index contributed by atoms with van der Waals surface area (Å²) in [6, 6.07) is 4.74. The third kappa shape index (κ3) is 5.19. The first-order valence-electron chi connectivity index (χ1n) is 6.40. The van der Waals surface area contributed by atoms with E-state index in [0.717, 1.165) is 0 Å². The van der Waals surface area contributed by atoms with Crippen LogP contribution in [0.15, 0.2) is 18.2 Å². The molecule has 1 aromatic rings. The molecule has 0 aromatic heterocycles. The van der Waals surface area contributed by atoms with E-state index in [2.05, 4.69) is 10.6 Å². The number of aliphatic hydroxyl groups excluding tert-OH is 1. The normalized spacial score (nSPS) is 11.8. The van der Waals surface area contributed by atoms with Gasteiger partial charge in [0.1, 0.15) is 0 Å². The molecular formula is C14H19ClN2O3. The second-order valence-corrected chi connectivity index (χ2v) is 5.11. The summed E-state index contributed by atoms with van der Waals surface area (Å²) in [7, 11) is 0. The van der Waals surface area contributed by atoms with Gasteiger partial charge in [0.05, 0.1) is 10.6 Å². The van der Waals surface area contributed by atoms with Crippen LogP contribution in [0, 0.1) is 5.92 Å². The highest BCUT2D eigenvalue weighted by Crippen LogP contribution is 2.20. The SMILES string of the molecule is CC(=O)Nc1ccc(Cl)c(C(=O)NCC(C)CCO)c1. The van der Waals surface area contributed by atoms with Crippen molar-refractivity contribution in [3.05, 3.63) is 28.8 Å². The lowest BCUT2D eigenvalue weighted by atomic mass is 10.1. The molecule has 0 spiro atoms. The zero-order valence-corrected chi connectivity index (χ0v) is 12.3. The summed E-state index contributed by atoms with van der Waals surface area (Å²) < 4.78 is 0. The van der Waals surface area contributed by atoms with Crippen molar-refractivity contribution in [3.8, 4) is 0 Å². The Morgan fingerprint density at radius 3 is 2.70 bits per heavy atom. The first-order valence-corrected chi connectivity index (χ1v) is 6.78. The van der Waals surface area contributed by atoms with E-state index < -0.39 is 0 Å². The lowest BCUT2D eigenvalue weighted by Gasteiger charge is -2.12. The summed E-state index contributed by atoms with van der Waals surface area (Å²) >= 11 is 5.99. The Labute approximate surface area is 123 Å². The Morgan fingerprint density at radius 1 is 1.40 bits per heavy atom. The smallest absolute Gasteiger partial charge is 0.252 e. The Kier molecular flexibility index (Phi) is 6.48. The summed E-state index contributed by atoms with van der Waals surface area (Å²) in [6.07, 6.45) is 0.625. The number of aliphatic hydroxyl groups is 1. The second kappa shape index (κ2) is 7.87. The zero-order chi connectivity index (χ0) is 15.1. The van der Waals surface area contributed by atoms with Crippen LogP contribution in [0.25, 0.3) is 0 Å². The van der Waals surface area contributed by atoms with Crippen LogP contribution in [0.4, 0.5) is 5.69 Å². The highest BCUT2D eigenvalue weighted by atomic mass is 35.5. The molecule has 0 saturated heterocycles. The van der Waals surface area contributed by atoms with Crippen molar-refractivity contribution in [2.45, 2.75) is 20.3 Å². The van der Waals surface area contributed by atoms with Crippen LogP contribution in [0.3, 0.4) is 0 Å². The number of amides is 2. The van der Waals surface area contributed by atoms with Crippen molar-refractivity contribution in [1.29, 1.82) is 0 Å². The molecular weight excluding hydrogens is 280 g/mol. The van der Waals surface area contributed by atoms with Gasteiger partial charge in [0.2, 0.25) is 5.91 Å². The van der Waals surface area contributed by atoms with Crippen molar-refractivity contribution in [1.82, 2.24) is 5.32 Å². The molecule has 0 saturated carbocycles. The number of hydrogen-bond acceptors (Lipinski definition) is 3. The molecule has 0 aliphatic heterocycles. The van der Waals surface area contributed by atoms with Gasteiger partial charge in [0, 0.05) is 25.8 Å². The lowest BCUT2D eigenvalue weighted by molar-refractivity contribution is -0.114. The number of halogens is 1. The van der Waals surface area contributed by atoms with Crippen LogP contribution in [-0.2, 0) is 4.79 Å². The molecule has 0 bridgehead atoms. The molecule has 110 valence electrons. The number of anilines is 1. The van der Waals surface area contributed by atoms with Gasteiger partial charge >= 0.3 is 0 Å². The predicted molar refractivity (Wildman–Crippen MR) is 79.0 cm³/mol. The predicted octanol–water partition coefficient (Wildman–Crippen LogP) is 2.05. The first-order chi connectivity index (χ1) is 9.43. The summed E-state index contributed by atoms with van der Waals surface area (Å²) in [5, 5.41) is 14.5. The maximum absolute atomic E-state index is 12.0. The molecule has 20 heavy (non-hydrogen) atoms. The van der Waals surface area contributed by atoms with E-state index in [4.69, 9.17) is 16.7 Å². The third-order valence-corrected chi connectivity index (χ3v) is 3.09. The van der Waals surface area contributed by atoms with E-state index in [1.54, 1.807) is 12.1 Å². The van der Waals surface area contributed by atoms with Crippen molar-refractivity contribution >= 4 is 29.1 Å². The molecule has 1 aromatic carbocycles. The molecule has 3 N–H and O–H groups in total. The van der Waals surface area contributed by atoms with Crippen LogP contribution < -0.4 is 10.6 Å². The highest BCUT2D eigenvalue weighted by molar-refractivity contribution is 6.34. The van der Waals surface area contributed by atoms with Crippen LogP contribution in [-0.4, -0.2) is 30.1 Å². The number of carbonyl (C=O) groups excluding carboxylic acids is 2. The van der Waals surface area contributed by atoms with E-state index in [9.17, 15) is 9.59 Å². The summed E-state index contributed by atoms with van der Waals surface area (Å²) in [6.45, 7) is 3.88. The molecule has 0 aliphatic carbocycles. The fourth-order valence-corrected chi connectivity index (χ4v) is 1.87. The maximum Gasteiger partial charge on any atom is 0.252 e. The lowest BCUT2D eigenvalue weighted by Crippen LogP contribution is -2.29. The first kappa shape index (κ1) is 16.5. The number of nitrogens with one attached hydrogen (secondary N) is 2. The van der Waals surface area contributed by atoms with E-state index in [1.807, 2.05) is 6.92 Å². The molecule has 1 atom stereocenters. The zero-order valence-electron chi connectivity index (χ0n) is 11.6. The Hall–Kier alpha value is -1.59. The van der Waals surface area contributed by atoms with Crippen LogP contribution in [0.2, 0.25) is 5.02 Å². The van der Waals surface area contributed by atoms with E-state index >= 15 is 0 Å². The fraction of sp³-hybridized carbons (Fsp3) is 0.429. The Balaban J connectivity index is 2.73. The molecule has 0 heterocycles. The topological polar surface area (TPSA) is 78.4 Å². The van der Waals surface area contributed by atoms with Gasteiger partial charge in [-0.25, -0.2) is 0 Å². The van der Waals surface area contributed by atoms with Gasteiger partial charge in [0.15, 0.2) is 0 Å². The van der Waals surface area contributed by atoms with Crippen molar-refractivity contribution in [2.75, 3.05) is 18.5 Å². The van der Waals surface area contributed by atoms with Crippen molar-refractivity contribution in [2.24, 2.45) is 5.92 Å². The summed E-state index contributed by atoms with van der Waals surface area (Å²) in [4.78, 5) is 23.0. The maximum atomic E-state index is 12.0. The molecule has 0 radical (unpaired) electrons. The number of benzene rings is 1. The van der Waals surface area contributed by atoms with Crippen molar-refractivity contribution < 1.29 is 14.7 Å². The molecule has 0 aliphatic rings. The average molecular weight is 299 g/mol. The van der Waals surface area contributed by atoms with Crippen LogP contribution >= 0.6 is 11.6 Å². The average Bonchev–Trinajstić information content (AvgIpc) is 2.38. The van der Waals surface area contributed by atoms with Gasteiger partial charge < -0.3 is 15.7 Å². The summed E-state index contributed by atoms with van der Waals surface area (Å²) in [5.74, 6) is -0.330. The van der Waals surface area contributed by atoms with Crippen molar-refractivity contribution in [3.63, 3.8) is 0 Å². The van der Waals surface area contributed by atoms with Gasteiger partial charge in [-0.05, 0) is 30.5 Å². The summed E-state index contributed by atoms with van der Waals surface area (Å²) in [5.41, 5.74) is 0.838. The molecule has 1 unspecified atom stereocenters. The second-order valence-electron chi connectivity index (χ2n) is 4.70. The number of hydrogen-bond donors (Lipinski definition) is 3. The molecule has 0 fully saturated rings. The monoisotopic (exact) mass is 298 g/mol. The van der Waals surface area contributed by atoms with Gasteiger partial charge in [-0.15, -0.1) is 0 Å². The van der Waals surface area contributed by atoms with E-state index in [1.165, 1.54) is 13.0 Å². The molecule has 1 rings (SSSR count). The van der Waals surface area contributed by atoms with E-state index in [-0.39, 0.29) is 24.3 Å². The van der Waals surface area contributed by atoms with Gasteiger partial charge in [0.25, 0.3) is 5.91 Å². The van der Waals surface area contributed by atoms with Gasteiger partial charge in [-0.1, -0.05) is 18.5 Å². The number of rotatable bonds is 6. The third-order valence-electron chi connectivity index (χ3n) is 2.76. The fourth-order valence-electron chi connectivity index (χ4n) is 1.66. The van der Waals surface area contributed by atoms with Crippen LogP contribution in [0.1, 0.15) is 30.6 Å². The minimum atomic E-state index is -0.299. The Morgan fingerprint density at radius 2 is 2.10 bits per heavy atom. The Bertz CT molecular complexity index is 491. The minimum absolute atomic E-state index is 0.0931. The van der Waals surface area contributed by atoms with Gasteiger partial charge in [-0.2, -0.15) is 0 Å². The quantitative estimate of drug-likeness (QED) is 0.752. The molecule has 5 nitrogen and oxygen atoms in total. The van der Waals surface area contributed by atoms with Crippen LogP contribution in [0.5, 0.6) is 0 Å². The molecule has 2 amide bonds. The molecule has 6 heteroatoms. The standard InChI is InChI=1S/C14H19ClN2O3/c1-9(5-6-18)8-16-14(20)12-7-11(17-10(2)19)3-4-13(12)15/h3-4,7,9,18H,5-6,8H2,1-2H3,(H,16,20)(H,17,19). The largest absolute Gasteiger partial charge is 0.396 e.